The topological polar surface area (TPSA) is 129 Å². The fourth-order valence-corrected chi connectivity index (χ4v) is 5.20. The molecule has 0 bridgehead atoms. The van der Waals surface area contributed by atoms with Crippen LogP contribution in [0.5, 0.6) is 0 Å². The smallest absolute Gasteiger partial charge is 0.303 e. The molecule has 1 aliphatic heterocycles. The van der Waals surface area contributed by atoms with Crippen molar-refractivity contribution in [2.24, 2.45) is 0 Å². The number of aliphatic carboxylic acids is 1. The monoisotopic (exact) mass is 590 g/mol. The van der Waals surface area contributed by atoms with E-state index in [1.165, 1.54) is 0 Å². The van der Waals surface area contributed by atoms with Crippen molar-refractivity contribution in [2.75, 3.05) is 18.9 Å². The summed E-state index contributed by atoms with van der Waals surface area (Å²) in [6, 6.07) is 24.5. The second-order valence-corrected chi connectivity index (χ2v) is 11.2. The number of nitrogens with zero attached hydrogens (tertiary/aromatic N) is 1. The van der Waals surface area contributed by atoms with Gasteiger partial charge >= 0.3 is 5.97 Å². The first-order valence-electron chi connectivity index (χ1n) is 14.8. The molecule has 3 aromatic rings. The van der Waals surface area contributed by atoms with Crippen LogP contribution in [0.15, 0.2) is 78.9 Å². The lowest BCUT2D eigenvalue weighted by molar-refractivity contribution is -0.253. The molecule has 0 unspecified atom stereocenters. The van der Waals surface area contributed by atoms with Crippen molar-refractivity contribution in [1.29, 1.82) is 0 Å². The van der Waals surface area contributed by atoms with Crippen molar-refractivity contribution < 1.29 is 34.4 Å². The Balaban J connectivity index is 1.44. The van der Waals surface area contributed by atoms with Gasteiger partial charge in [0.25, 0.3) is 0 Å². The van der Waals surface area contributed by atoms with Gasteiger partial charge in [0, 0.05) is 43.1 Å². The van der Waals surface area contributed by atoms with Crippen LogP contribution in [0.2, 0.25) is 0 Å². The number of benzene rings is 3. The Morgan fingerprint density at radius 1 is 0.930 bits per heavy atom. The van der Waals surface area contributed by atoms with Crippen molar-refractivity contribution in [3.05, 3.63) is 101 Å². The first-order valence-corrected chi connectivity index (χ1v) is 14.8. The molecule has 230 valence electrons. The molecule has 1 saturated heterocycles. The number of carbonyl (C=O) groups excluding carboxylic acids is 1. The Hall–Kier alpha value is -3.60. The Morgan fingerprint density at radius 3 is 2.23 bits per heavy atom. The second-order valence-electron chi connectivity index (χ2n) is 11.2. The highest BCUT2D eigenvalue weighted by atomic mass is 16.7. The lowest BCUT2D eigenvalue weighted by atomic mass is 9.98. The number of carbonyl (C=O) groups is 2. The second kappa shape index (κ2) is 15.7. The molecule has 9 heteroatoms. The number of anilines is 1. The summed E-state index contributed by atoms with van der Waals surface area (Å²) >= 11 is 0. The Labute approximate surface area is 253 Å². The van der Waals surface area contributed by atoms with Gasteiger partial charge in [0.1, 0.15) is 0 Å². The molecule has 9 nitrogen and oxygen atoms in total. The van der Waals surface area contributed by atoms with Crippen LogP contribution in [0.1, 0.15) is 79.8 Å². The third-order valence-electron chi connectivity index (χ3n) is 7.91. The molecule has 1 fully saturated rings. The van der Waals surface area contributed by atoms with Crippen LogP contribution in [0, 0.1) is 0 Å². The summed E-state index contributed by atoms with van der Waals surface area (Å²) in [5.74, 6) is -1.02. The van der Waals surface area contributed by atoms with Gasteiger partial charge in [-0.3, -0.25) is 14.5 Å². The maximum Gasteiger partial charge on any atom is 0.303 e. The number of hydrogen-bond acceptors (Lipinski definition) is 7. The van der Waals surface area contributed by atoms with Crippen molar-refractivity contribution in [1.82, 2.24) is 4.90 Å². The van der Waals surface area contributed by atoms with E-state index in [1.807, 2.05) is 80.7 Å². The van der Waals surface area contributed by atoms with Crippen molar-refractivity contribution in [3.8, 4) is 0 Å². The molecule has 4 N–H and O–H groups in total. The summed E-state index contributed by atoms with van der Waals surface area (Å²) < 4.78 is 12.9. The zero-order valence-corrected chi connectivity index (χ0v) is 24.8. The summed E-state index contributed by atoms with van der Waals surface area (Å²) in [6.45, 7) is 2.54. The molecule has 5 atom stereocenters. The Bertz CT molecular complexity index is 1300. The number of unbranched alkanes of at least 4 members (excludes halogenated alkanes) is 1. The number of hydrogen-bond donors (Lipinski definition) is 4. The number of aliphatic hydroxyl groups excluding tert-OH is 2. The molecule has 1 heterocycles. The van der Waals surface area contributed by atoms with E-state index in [-0.39, 0.29) is 43.6 Å². The summed E-state index contributed by atoms with van der Waals surface area (Å²) in [4.78, 5) is 25.1. The van der Waals surface area contributed by atoms with Crippen molar-refractivity contribution >= 4 is 17.6 Å². The minimum absolute atomic E-state index is 0.0299. The molecular formula is C34H42N2O7. The van der Waals surface area contributed by atoms with Gasteiger partial charge in [-0.15, -0.1) is 0 Å². The largest absolute Gasteiger partial charge is 0.481 e. The predicted molar refractivity (Wildman–Crippen MR) is 163 cm³/mol. The number of likely N-dealkylation sites (N-methyl/N-ethyl adjacent to an activating group) is 1. The molecule has 1 amide bonds. The third-order valence-corrected chi connectivity index (χ3v) is 7.91. The van der Waals surface area contributed by atoms with Crippen LogP contribution in [-0.4, -0.2) is 57.8 Å². The Morgan fingerprint density at radius 2 is 1.58 bits per heavy atom. The average molecular weight is 591 g/mol. The summed E-state index contributed by atoms with van der Waals surface area (Å²) in [5.41, 5.74) is 4.12. The van der Waals surface area contributed by atoms with E-state index in [9.17, 15) is 19.8 Å². The van der Waals surface area contributed by atoms with E-state index in [1.54, 1.807) is 12.1 Å². The number of nitrogens with one attached hydrogen (secondary N) is 1. The lowest BCUT2D eigenvalue weighted by Crippen LogP contribution is -2.43. The zero-order chi connectivity index (χ0) is 30.8. The van der Waals surface area contributed by atoms with Crippen LogP contribution in [0.3, 0.4) is 0 Å². The lowest BCUT2D eigenvalue weighted by Gasteiger charge is -2.39. The van der Waals surface area contributed by atoms with E-state index in [2.05, 4.69) is 10.2 Å². The molecular weight excluding hydrogens is 548 g/mol. The number of carboxylic acids is 1. The minimum atomic E-state index is -0.860. The number of amides is 1. The summed E-state index contributed by atoms with van der Waals surface area (Å²) in [6.07, 6.45) is 0.162. The highest BCUT2D eigenvalue weighted by molar-refractivity contribution is 5.90. The first kappa shape index (κ1) is 32.3. The fraction of sp³-hybridized carbons (Fsp3) is 0.412. The van der Waals surface area contributed by atoms with Crippen LogP contribution >= 0.6 is 0 Å². The first-order chi connectivity index (χ1) is 20.7. The molecule has 1 aliphatic rings. The Kier molecular flexibility index (Phi) is 11.8. The minimum Gasteiger partial charge on any atom is -0.481 e. The van der Waals surface area contributed by atoms with Gasteiger partial charge in [-0.05, 0) is 55.6 Å². The van der Waals surface area contributed by atoms with E-state index < -0.39 is 18.4 Å². The SMILES string of the molecule is C[C@@H]([C@H](O)c1ccccc1)N(C)C[C@@H]1C[C@H](c2ccc(CO)cc2)O[C@H](c2ccc(NC(=O)CCCCC(=O)O)cc2)O1. The third kappa shape index (κ3) is 9.44. The number of aliphatic hydroxyl groups is 2. The molecule has 0 aromatic heterocycles. The number of carboxylic acid groups (broad SMARTS) is 1. The van der Waals surface area contributed by atoms with E-state index in [0.717, 1.165) is 22.3 Å². The molecule has 0 aliphatic carbocycles. The van der Waals surface area contributed by atoms with E-state index >= 15 is 0 Å². The van der Waals surface area contributed by atoms with Crippen LogP contribution < -0.4 is 5.32 Å². The van der Waals surface area contributed by atoms with E-state index in [0.29, 0.717) is 31.5 Å². The summed E-state index contributed by atoms with van der Waals surface area (Å²) in [7, 11) is 1.98. The van der Waals surface area contributed by atoms with Crippen LogP contribution in [-0.2, 0) is 25.7 Å². The molecule has 0 saturated carbocycles. The van der Waals surface area contributed by atoms with Crippen LogP contribution in [0.4, 0.5) is 5.69 Å². The normalized spacial score (nSPS) is 20.0. The van der Waals surface area contributed by atoms with Gasteiger partial charge in [-0.1, -0.05) is 66.7 Å². The molecule has 0 spiro atoms. The summed E-state index contributed by atoms with van der Waals surface area (Å²) in [5, 5.41) is 32.1. The highest BCUT2D eigenvalue weighted by Crippen LogP contribution is 2.38. The van der Waals surface area contributed by atoms with Gasteiger partial charge in [0.15, 0.2) is 6.29 Å². The predicted octanol–water partition coefficient (Wildman–Crippen LogP) is 5.36. The molecule has 3 aromatic carbocycles. The quantitative estimate of drug-likeness (QED) is 0.185. The van der Waals surface area contributed by atoms with Gasteiger partial charge in [0.05, 0.1) is 24.9 Å². The fourth-order valence-electron chi connectivity index (χ4n) is 5.20. The zero-order valence-electron chi connectivity index (χ0n) is 24.8. The van der Waals surface area contributed by atoms with E-state index in [4.69, 9.17) is 14.6 Å². The highest BCUT2D eigenvalue weighted by Gasteiger charge is 2.34. The number of rotatable bonds is 14. The van der Waals surface area contributed by atoms with Crippen molar-refractivity contribution in [3.63, 3.8) is 0 Å². The van der Waals surface area contributed by atoms with Gasteiger partial charge in [-0.2, -0.15) is 0 Å². The standard InChI is InChI=1S/C34H42N2O7/c1-23(33(41)26-8-4-3-5-9-26)36(2)21-29-20-30(25-14-12-24(22-37)13-15-25)43-34(42-29)27-16-18-28(19-17-27)35-31(38)10-6-7-11-32(39)40/h3-5,8-9,12-19,23,29-30,33-34,37,41H,6-7,10-11,20-22H2,1-2H3,(H,35,38)(H,39,40)/t23-,29-,30+,33-,34+/m0/s1. The maximum absolute atomic E-state index is 12.3. The van der Waals surface area contributed by atoms with Crippen molar-refractivity contribution in [2.45, 2.75) is 76.3 Å². The van der Waals surface area contributed by atoms with Gasteiger partial charge in [-0.25, -0.2) is 0 Å². The average Bonchev–Trinajstić information content (AvgIpc) is 3.03. The maximum atomic E-state index is 12.3. The number of ether oxygens (including phenoxy) is 2. The van der Waals surface area contributed by atoms with Gasteiger partial charge in [0.2, 0.25) is 5.91 Å². The molecule has 0 radical (unpaired) electrons. The molecule has 4 rings (SSSR count). The molecule has 43 heavy (non-hydrogen) atoms. The van der Waals surface area contributed by atoms with Gasteiger partial charge < -0.3 is 30.1 Å². The van der Waals surface area contributed by atoms with Crippen LogP contribution in [0.25, 0.3) is 0 Å².